The summed E-state index contributed by atoms with van der Waals surface area (Å²) in [7, 11) is 0. The summed E-state index contributed by atoms with van der Waals surface area (Å²) in [5.41, 5.74) is 2.11. The second kappa shape index (κ2) is 8.28. The van der Waals surface area contributed by atoms with Crippen molar-refractivity contribution in [2.75, 3.05) is 16.9 Å². The Kier molecular flexibility index (Phi) is 5.57. The summed E-state index contributed by atoms with van der Waals surface area (Å²) >= 11 is 13.3. The lowest BCUT2D eigenvalue weighted by Gasteiger charge is -2.08. The number of thioether (sulfide) groups is 1. The minimum atomic E-state index is -0.194. The normalized spacial score (nSPS) is 11.0. The highest BCUT2D eigenvalue weighted by Crippen LogP contribution is 2.30. The predicted molar refractivity (Wildman–Crippen MR) is 117 cm³/mol. The molecule has 0 bridgehead atoms. The van der Waals surface area contributed by atoms with Crippen molar-refractivity contribution in [2.45, 2.75) is 5.16 Å². The Labute approximate surface area is 180 Å². The van der Waals surface area contributed by atoms with E-state index in [4.69, 9.17) is 29.0 Å². The Hall–Kier alpha value is -2.81. The van der Waals surface area contributed by atoms with Gasteiger partial charge in [-0.3, -0.25) is 9.78 Å². The first-order chi connectivity index (χ1) is 14.0. The molecule has 2 aromatic carbocycles. The van der Waals surface area contributed by atoms with Crippen molar-refractivity contribution in [3.63, 3.8) is 0 Å². The molecule has 10 heteroatoms. The van der Waals surface area contributed by atoms with Crippen molar-refractivity contribution in [1.82, 2.24) is 19.9 Å². The number of rotatable bonds is 5. The van der Waals surface area contributed by atoms with Crippen LogP contribution in [0.1, 0.15) is 0 Å². The number of amides is 1. The lowest BCUT2D eigenvalue weighted by molar-refractivity contribution is -0.113. The number of carbonyl (C=O) groups is 1. The average molecular weight is 445 g/mol. The Bertz CT molecular complexity index is 1210. The second-order valence-electron chi connectivity index (χ2n) is 6.01. The van der Waals surface area contributed by atoms with Gasteiger partial charge in [-0.05, 0) is 42.5 Å². The van der Waals surface area contributed by atoms with Gasteiger partial charge in [-0.15, -0.1) is 10.2 Å². The molecular formula is C19H14Cl2N6OS. The van der Waals surface area contributed by atoms with Crippen LogP contribution in [-0.2, 0) is 4.79 Å². The molecule has 2 heterocycles. The summed E-state index contributed by atoms with van der Waals surface area (Å²) in [6, 6.07) is 14.3. The number of hydrogen-bond acceptors (Lipinski definition) is 6. The number of fused-ring (bicyclic) bond motifs is 1. The molecule has 146 valence electrons. The fraction of sp³-hybridized carbons (Fsp3) is 0.0526. The standard InChI is InChI=1S/C19H14Cl2N6OS/c20-11-6-7-12(14(21)9-11)18-25-26-19(27(18)22)29-10-17(28)24-16-5-1-4-15-13(16)3-2-8-23-15/h1-9H,10,22H2,(H,24,28). The molecule has 0 atom stereocenters. The van der Waals surface area contributed by atoms with Crippen LogP contribution in [0.2, 0.25) is 10.0 Å². The molecule has 0 fully saturated rings. The van der Waals surface area contributed by atoms with Crippen LogP contribution in [0.25, 0.3) is 22.3 Å². The van der Waals surface area contributed by atoms with Crippen LogP contribution >= 0.6 is 35.0 Å². The molecule has 0 spiro atoms. The lowest BCUT2D eigenvalue weighted by atomic mass is 10.2. The van der Waals surface area contributed by atoms with Gasteiger partial charge in [0.1, 0.15) is 0 Å². The van der Waals surface area contributed by atoms with Crippen LogP contribution in [0.15, 0.2) is 59.9 Å². The second-order valence-corrected chi connectivity index (χ2v) is 7.80. The van der Waals surface area contributed by atoms with Crippen LogP contribution in [0.4, 0.5) is 5.69 Å². The van der Waals surface area contributed by atoms with Gasteiger partial charge >= 0.3 is 0 Å². The lowest BCUT2D eigenvalue weighted by Crippen LogP contribution is -2.16. The van der Waals surface area contributed by atoms with Crippen LogP contribution in [-0.4, -0.2) is 31.5 Å². The molecule has 0 aliphatic rings. The minimum Gasteiger partial charge on any atom is -0.335 e. The minimum absolute atomic E-state index is 0.111. The zero-order valence-electron chi connectivity index (χ0n) is 14.8. The number of anilines is 1. The van der Waals surface area contributed by atoms with Gasteiger partial charge in [-0.25, -0.2) is 4.68 Å². The Morgan fingerprint density at radius 3 is 2.83 bits per heavy atom. The van der Waals surface area contributed by atoms with Gasteiger partial charge in [0, 0.05) is 22.2 Å². The van der Waals surface area contributed by atoms with Gasteiger partial charge in [-0.1, -0.05) is 41.0 Å². The largest absolute Gasteiger partial charge is 0.335 e. The number of nitrogens with two attached hydrogens (primary N) is 1. The van der Waals surface area contributed by atoms with Crippen LogP contribution in [0.5, 0.6) is 0 Å². The number of carbonyl (C=O) groups excluding carboxylic acids is 1. The highest BCUT2D eigenvalue weighted by atomic mass is 35.5. The number of hydrogen-bond donors (Lipinski definition) is 2. The van der Waals surface area contributed by atoms with Gasteiger partial charge in [0.25, 0.3) is 0 Å². The molecule has 0 aliphatic carbocycles. The van der Waals surface area contributed by atoms with E-state index < -0.39 is 0 Å². The van der Waals surface area contributed by atoms with E-state index in [-0.39, 0.29) is 11.7 Å². The van der Waals surface area contributed by atoms with E-state index in [0.29, 0.717) is 32.3 Å². The fourth-order valence-electron chi connectivity index (χ4n) is 2.76. The van der Waals surface area contributed by atoms with Crippen molar-refractivity contribution >= 4 is 57.5 Å². The predicted octanol–water partition coefficient (Wildman–Crippen LogP) is 4.24. The van der Waals surface area contributed by atoms with E-state index in [0.717, 1.165) is 10.9 Å². The first kappa shape index (κ1) is 19.5. The van der Waals surface area contributed by atoms with E-state index >= 15 is 0 Å². The maximum Gasteiger partial charge on any atom is 0.234 e. The average Bonchev–Trinajstić information content (AvgIpc) is 3.07. The maximum absolute atomic E-state index is 12.4. The number of aromatic nitrogens is 4. The van der Waals surface area contributed by atoms with Gasteiger partial charge in [0.2, 0.25) is 11.1 Å². The molecule has 0 radical (unpaired) electrons. The topological polar surface area (TPSA) is 98.7 Å². The molecular weight excluding hydrogens is 431 g/mol. The Morgan fingerprint density at radius 2 is 2.00 bits per heavy atom. The number of nitrogens with zero attached hydrogens (tertiary/aromatic N) is 4. The molecule has 4 rings (SSSR count). The summed E-state index contributed by atoms with van der Waals surface area (Å²) in [6.07, 6.45) is 1.71. The van der Waals surface area contributed by atoms with Crippen LogP contribution in [0.3, 0.4) is 0 Å². The summed E-state index contributed by atoms with van der Waals surface area (Å²) in [4.78, 5) is 16.7. The number of nitrogen functional groups attached to an aromatic ring is 1. The number of benzene rings is 2. The number of pyridine rings is 1. The van der Waals surface area contributed by atoms with Gasteiger partial charge < -0.3 is 11.2 Å². The SMILES string of the molecule is Nn1c(SCC(=O)Nc2cccc3ncccc23)nnc1-c1ccc(Cl)cc1Cl. The van der Waals surface area contributed by atoms with Crippen molar-refractivity contribution in [1.29, 1.82) is 0 Å². The van der Waals surface area contributed by atoms with Gasteiger partial charge in [0.05, 0.1) is 22.0 Å². The first-order valence-corrected chi connectivity index (χ1v) is 10.2. The molecule has 4 aromatic rings. The first-order valence-electron chi connectivity index (χ1n) is 8.45. The third kappa shape index (κ3) is 4.14. The third-order valence-electron chi connectivity index (χ3n) is 4.09. The number of halogens is 2. The molecule has 0 aliphatic heterocycles. The van der Waals surface area contributed by atoms with Gasteiger partial charge in [0.15, 0.2) is 5.82 Å². The fourth-order valence-corrected chi connectivity index (χ4v) is 3.91. The van der Waals surface area contributed by atoms with Crippen LogP contribution in [0, 0.1) is 0 Å². The Morgan fingerprint density at radius 1 is 1.14 bits per heavy atom. The van der Waals surface area contributed by atoms with E-state index in [2.05, 4.69) is 20.5 Å². The summed E-state index contributed by atoms with van der Waals surface area (Å²) in [5.74, 6) is 6.40. The summed E-state index contributed by atoms with van der Waals surface area (Å²) in [6.45, 7) is 0. The van der Waals surface area contributed by atoms with Gasteiger partial charge in [-0.2, -0.15) is 0 Å². The highest BCUT2D eigenvalue weighted by Gasteiger charge is 2.16. The van der Waals surface area contributed by atoms with Crippen LogP contribution < -0.4 is 11.2 Å². The molecule has 2 aromatic heterocycles. The molecule has 29 heavy (non-hydrogen) atoms. The quantitative estimate of drug-likeness (QED) is 0.352. The van der Waals surface area contributed by atoms with E-state index in [1.165, 1.54) is 16.4 Å². The van der Waals surface area contributed by atoms with E-state index in [1.54, 1.807) is 24.4 Å². The van der Waals surface area contributed by atoms with E-state index in [1.807, 2.05) is 30.3 Å². The third-order valence-corrected chi connectivity index (χ3v) is 5.58. The Balaban J connectivity index is 1.47. The van der Waals surface area contributed by atoms with Crippen molar-refractivity contribution < 1.29 is 4.79 Å². The summed E-state index contributed by atoms with van der Waals surface area (Å²) in [5, 5.41) is 13.2. The van der Waals surface area contributed by atoms with E-state index in [9.17, 15) is 4.79 Å². The molecule has 0 unspecified atom stereocenters. The molecule has 1 amide bonds. The highest BCUT2D eigenvalue weighted by molar-refractivity contribution is 7.99. The monoisotopic (exact) mass is 444 g/mol. The zero-order chi connectivity index (χ0) is 20.4. The zero-order valence-corrected chi connectivity index (χ0v) is 17.2. The molecule has 0 saturated carbocycles. The number of nitrogens with one attached hydrogen (secondary N) is 1. The molecule has 7 nitrogen and oxygen atoms in total. The smallest absolute Gasteiger partial charge is 0.234 e. The molecule has 3 N–H and O–H groups in total. The van der Waals surface area contributed by atoms with Crippen molar-refractivity contribution in [3.8, 4) is 11.4 Å². The van der Waals surface area contributed by atoms with Crippen molar-refractivity contribution in [3.05, 3.63) is 64.8 Å². The molecule has 0 saturated heterocycles. The van der Waals surface area contributed by atoms with Crippen molar-refractivity contribution in [2.24, 2.45) is 0 Å². The maximum atomic E-state index is 12.4. The summed E-state index contributed by atoms with van der Waals surface area (Å²) < 4.78 is 1.30.